The van der Waals surface area contributed by atoms with Crippen LogP contribution in [0, 0.1) is 18.3 Å². The molecule has 0 fully saturated rings. The Balaban J connectivity index is 2.27. The van der Waals surface area contributed by atoms with Crippen molar-refractivity contribution in [3.63, 3.8) is 0 Å². The van der Waals surface area contributed by atoms with Gasteiger partial charge in [0.1, 0.15) is 0 Å². The van der Waals surface area contributed by atoms with E-state index >= 15 is 0 Å². The SMILES string of the molecule is CCCC1OCCc2c1[nH]c1c(C)ccc(C#N)c21. The number of aromatic amines is 1. The van der Waals surface area contributed by atoms with Gasteiger partial charge in [0.25, 0.3) is 0 Å². The number of nitriles is 1. The Labute approximate surface area is 113 Å². The molecule has 3 nitrogen and oxygen atoms in total. The van der Waals surface area contributed by atoms with Gasteiger partial charge in [0, 0.05) is 11.1 Å². The van der Waals surface area contributed by atoms with Crippen LogP contribution in [0.3, 0.4) is 0 Å². The van der Waals surface area contributed by atoms with Crippen LogP contribution < -0.4 is 0 Å². The average Bonchev–Trinajstić information content (AvgIpc) is 2.82. The second-order valence-electron chi connectivity index (χ2n) is 5.21. The number of ether oxygens (including phenoxy) is 1. The van der Waals surface area contributed by atoms with Crippen LogP contribution in [0.1, 0.15) is 48.3 Å². The van der Waals surface area contributed by atoms with E-state index in [1.807, 2.05) is 12.1 Å². The molecule has 1 atom stereocenters. The molecule has 1 aromatic carbocycles. The molecule has 0 saturated heterocycles. The van der Waals surface area contributed by atoms with E-state index in [1.54, 1.807) is 0 Å². The van der Waals surface area contributed by atoms with Crippen LogP contribution in [0.25, 0.3) is 10.9 Å². The molecule has 0 aliphatic carbocycles. The van der Waals surface area contributed by atoms with Crippen LogP contribution in [0.2, 0.25) is 0 Å². The fourth-order valence-corrected chi connectivity index (χ4v) is 3.03. The van der Waals surface area contributed by atoms with E-state index in [4.69, 9.17) is 4.74 Å². The summed E-state index contributed by atoms with van der Waals surface area (Å²) in [7, 11) is 0. The Bertz CT molecular complexity index is 663. The molecule has 0 saturated carbocycles. The van der Waals surface area contributed by atoms with E-state index in [2.05, 4.69) is 24.9 Å². The molecule has 3 heteroatoms. The maximum atomic E-state index is 9.32. The second-order valence-corrected chi connectivity index (χ2v) is 5.21. The number of fused-ring (bicyclic) bond motifs is 3. The zero-order valence-electron chi connectivity index (χ0n) is 11.4. The first kappa shape index (κ1) is 12.3. The van der Waals surface area contributed by atoms with Crippen LogP contribution in [-0.2, 0) is 11.2 Å². The molecule has 0 radical (unpaired) electrons. The quantitative estimate of drug-likeness (QED) is 0.887. The van der Waals surface area contributed by atoms with Crippen molar-refractivity contribution in [1.82, 2.24) is 4.98 Å². The monoisotopic (exact) mass is 254 g/mol. The van der Waals surface area contributed by atoms with Crippen molar-refractivity contribution in [2.45, 2.75) is 39.2 Å². The summed E-state index contributed by atoms with van der Waals surface area (Å²) in [6.07, 6.45) is 3.19. The van der Waals surface area contributed by atoms with Crippen molar-refractivity contribution in [1.29, 1.82) is 5.26 Å². The highest BCUT2D eigenvalue weighted by atomic mass is 16.5. The van der Waals surface area contributed by atoms with E-state index in [0.717, 1.165) is 42.3 Å². The minimum atomic E-state index is 0.159. The van der Waals surface area contributed by atoms with Crippen molar-refractivity contribution in [2.75, 3.05) is 6.61 Å². The topological polar surface area (TPSA) is 48.8 Å². The normalized spacial score (nSPS) is 18.3. The lowest BCUT2D eigenvalue weighted by molar-refractivity contribution is 0.0339. The predicted octanol–water partition coefficient (Wildman–Crippen LogP) is 3.76. The second kappa shape index (κ2) is 4.71. The maximum absolute atomic E-state index is 9.32. The highest BCUT2D eigenvalue weighted by Gasteiger charge is 2.26. The minimum Gasteiger partial charge on any atom is -0.372 e. The maximum Gasteiger partial charge on any atom is 0.0998 e. The van der Waals surface area contributed by atoms with Gasteiger partial charge in [-0.1, -0.05) is 19.4 Å². The lowest BCUT2D eigenvalue weighted by Gasteiger charge is -2.23. The molecular weight excluding hydrogens is 236 g/mol. The van der Waals surface area contributed by atoms with Crippen molar-refractivity contribution in [3.05, 3.63) is 34.5 Å². The predicted molar refractivity (Wildman–Crippen MR) is 75.1 cm³/mol. The van der Waals surface area contributed by atoms with Crippen LogP contribution in [-0.4, -0.2) is 11.6 Å². The van der Waals surface area contributed by atoms with Crippen LogP contribution in [0.15, 0.2) is 12.1 Å². The summed E-state index contributed by atoms with van der Waals surface area (Å²) in [4.78, 5) is 3.52. The number of hydrogen-bond acceptors (Lipinski definition) is 2. The molecule has 1 aliphatic rings. The standard InChI is InChI=1S/C16H18N2O/c1-3-4-13-16-12(7-8-19-13)14-11(9-17)6-5-10(2)15(14)18-16/h5-6,13,18H,3-4,7-8H2,1-2H3. The Morgan fingerprint density at radius 2 is 2.32 bits per heavy atom. The van der Waals surface area contributed by atoms with Gasteiger partial charge in [0.15, 0.2) is 0 Å². The third kappa shape index (κ3) is 1.84. The Hall–Kier alpha value is -1.79. The van der Waals surface area contributed by atoms with E-state index in [0.29, 0.717) is 0 Å². The molecule has 3 rings (SSSR count). The van der Waals surface area contributed by atoms with Crippen molar-refractivity contribution in [2.24, 2.45) is 0 Å². The van der Waals surface area contributed by atoms with Gasteiger partial charge in [0.05, 0.1) is 29.9 Å². The molecule has 98 valence electrons. The number of rotatable bonds is 2. The summed E-state index contributed by atoms with van der Waals surface area (Å²) in [6.45, 7) is 5.01. The Kier molecular flexibility index (Phi) is 3.04. The summed E-state index contributed by atoms with van der Waals surface area (Å²) in [5, 5.41) is 10.4. The number of nitrogens with one attached hydrogen (secondary N) is 1. The molecule has 1 aromatic heterocycles. The zero-order valence-corrected chi connectivity index (χ0v) is 11.4. The molecule has 1 aliphatic heterocycles. The third-order valence-electron chi connectivity index (χ3n) is 3.96. The van der Waals surface area contributed by atoms with Gasteiger partial charge in [-0.3, -0.25) is 0 Å². The molecule has 1 unspecified atom stereocenters. The summed E-state index contributed by atoms with van der Waals surface area (Å²) in [6, 6.07) is 6.26. The van der Waals surface area contributed by atoms with E-state index in [-0.39, 0.29) is 6.10 Å². The number of hydrogen-bond donors (Lipinski definition) is 1. The molecular formula is C16H18N2O. The number of aromatic nitrogens is 1. The van der Waals surface area contributed by atoms with Crippen LogP contribution in [0.4, 0.5) is 0 Å². The van der Waals surface area contributed by atoms with Crippen molar-refractivity contribution >= 4 is 10.9 Å². The first-order chi connectivity index (χ1) is 9.26. The number of benzene rings is 1. The molecule has 0 amide bonds. The fourth-order valence-electron chi connectivity index (χ4n) is 3.03. The van der Waals surface area contributed by atoms with Gasteiger partial charge in [-0.25, -0.2) is 0 Å². The first-order valence-electron chi connectivity index (χ1n) is 6.92. The average molecular weight is 254 g/mol. The molecule has 2 heterocycles. The van der Waals surface area contributed by atoms with Gasteiger partial charge in [-0.15, -0.1) is 0 Å². The van der Waals surface area contributed by atoms with Crippen LogP contribution >= 0.6 is 0 Å². The lowest BCUT2D eigenvalue weighted by Crippen LogP contribution is -2.15. The summed E-state index contributed by atoms with van der Waals surface area (Å²) >= 11 is 0. The number of nitrogens with zero attached hydrogens (tertiary/aromatic N) is 1. The summed E-state index contributed by atoms with van der Waals surface area (Å²) < 4.78 is 5.87. The smallest absolute Gasteiger partial charge is 0.0998 e. The highest BCUT2D eigenvalue weighted by molar-refractivity contribution is 5.92. The lowest BCUT2D eigenvalue weighted by atomic mass is 9.97. The summed E-state index contributed by atoms with van der Waals surface area (Å²) in [5.74, 6) is 0. The number of H-pyrrole nitrogens is 1. The van der Waals surface area contributed by atoms with Gasteiger partial charge in [-0.05, 0) is 37.0 Å². The highest BCUT2D eigenvalue weighted by Crippen LogP contribution is 2.37. The largest absolute Gasteiger partial charge is 0.372 e. The van der Waals surface area contributed by atoms with Gasteiger partial charge >= 0.3 is 0 Å². The first-order valence-corrected chi connectivity index (χ1v) is 6.92. The van der Waals surface area contributed by atoms with E-state index in [1.165, 1.54) is 16.8 Å². The minimum absolute atomic E-state index is 0.159. The Morgan fingerprint density at radius 3 is 3.05 bits per heavy atom. The van der Waals surface area contributed by atoms with Crippen molar-refractivity contribution in [3.8, 4) is 6.07 Å². The van der Waals surface area contributed by atoms with E-state index < -0.39 is 0 Å². The molecule has 1 N–H and O–H groups in total. The van der Waals surface area contributed by atoms with Gasteiger partial charge in [-0.2, -0.15) is 5.26 Å². The number of aryl methyl sites for hydroxylation is 1. The van der Waals surface area contributed by atoms with Gasteiger partial charge in [0.2, 0.25) is 0 Å². The zero-order chi connectivity index (χ0) is 13.4. The molecule has 0 spiro atoms. The molecule has 2 aromatic rings. The summed E-state index contributed by atoms with van der Waals surface area (Å²) in [5.41, 5.74) is 5.55. The Morgan fingerprint density at radius 1 is 1.47 bits per heavy atom. The van der Waals surface area contributed by atoms with Crippen LogP contribution in [0.5, 0.6) is 0 Å². The third-order valence-corrected chi connectivity index (χ3v) is 3.96. The van der Waals surface area contributed by atoms with Crippen molar-refractivity contribution < 1.29 is 4.74 Å². The van der Waals surface area contributed by atoms with Gasteiger partial charge < -0.3 is 9.72 Å². The van der Waals surface area contributed by atoms with E-state index in [9.17, 15) is 5.26 Å². The molecule has 19 heavy (non-hydrogen) atoms. The molecule has 0 bridgehead atoms. The fraction of sp³-hybridized carbons (Fsp3) is 0.438.